The first kappa shape index (κ1) is 16.4. The van der Waals surface area contributed by atoms with Crippen LogP contribution in [0.25, 0.3) is 0 Å². The monoisotopic (exact) mass is 302 g/mol. The molecule has 1 rings (SSSR count). The van der Waals surface area contributed by atoms with Gasteiger partial charge in [-0.05, 0) is 18.4 Å². The van der Waals surface area contributed by atoms with E-state index in [1.807, 2.05) is 13.8 Å². The summed E-state index contributed by atoms with van der Waals surface area (Å²) in [6.07, 6.45) is 0.569. The Kier molecular flexibility index (Phi) is 5.88. The second-order valence-corrected chi connectivity index (χ2v) is 5.10. The van der Waals surface area contributed by atoms with Gasteiger partial charge in [0.15, 0.2) is 0 Å². The summed E-state index contributed by atoms with van der Waals surface area (Å²) in [5.41, 5.74) is -0.601. The fourth-order valence-electron chi connectivity index (χ4n) is 1.74. The van der Waals surface area contributed by atoms with Gasteiger partial charge in [-0.25, -0.2) is 4.39 Å². The zero-order valence-corrected chi connectivity index (χ0v) is 12.0. The van der Waals surface area contributed by atoms with Gasteiger partial charge in [0.05, 0.1) is 16.6 Å². The Bertz CT molecular complexity index is 508. The number of nitro groups is 1. The molecule has 0 aliphatic heterocycles. The van der Waals surface area contributed by atoms with Crippen LogP contribution >= 0.6 is 11.6 Å². The molecule has 0 bridgehead atoms. The molecular formula is C13H16ClFN2O3. The third-order valence-electron chi connectivity index (χ3n) is 2.95. The number of carbonyl (C=O) groups is 1. The first-order valence-electron chi connectivity index (χ1n) is 6.17. The van der Waals surface area contributed by atoms with Crippen molar-refractivity contribution in [1.82, 2.24) is 5.32 Å². The van der Waals surface area contributed by atoms with Gasteiger partial charge < -0.3 is 5.32 Å². The van der Waals surface area contributed by atoms with Crippen LogP contribution in [0.5, 0.6) is 0 Å². The van der Waals surface area contributed by atoms with Gasteiger partial charge in [0.1, 0.15) is 5.82 Å². The smallest absolute Gasteiger partial charge is 0.272 e. The molecule has 0 fully saturated rings. The topological polar surface area (TPSA) is 72.2 Å². The van der Waals surface area contributed by atoms with E-state index >= 15 is 0 Å². The standard InChI is InChI=1S/C13H16ClFN2O3/c1-8(2)12(5-6-14)16-13(18)10-4-3-9(17(19)20)7-11(10)15/h3-4,7-8,12H,5-6H2,1-2H3,(H,16,18). The molecule has 1 atom stereocenters. The molecule has 110 valence electrons. The lowest BCUT2D eigenvalue weighted by Crippen LogP contribution is -2.39. The number of nitro benzene ring substituents is 1. The zero-order valence-electron chi connectivity index (χ0n) is 11.2. The van der Waals surface area contributed by atoms with Gasteiger partial charge in [0.2, 0.25) is 0 Å². The second kappa shape index (κ2) is 7.19. The zero-order chi connectivity index (χ0) is 15.3. The van der Waals surface area contributed by atoms with Gasteiger partial charge in [0.25, 0.3) is 11.6 Å². The molecule has 1 aromatic carbocycles. The van der Waals surface area contributed by atoms with Crippen molar-refractivity contribution in [3.8, 4) is 0 Å². The summed E-state index contributed by atoms with van der Waals surface area (Å²) in [6.45, 7) is 3.84. The van der Waals surface area contributed by atoms with Crippen LogP contribution in [0.1, 0.15) is 30.6 Å². The minimum absolute atomic E-state index is 0.152. The van der Waals surface area contributed by atoms with Gasteiger partial charge in [-0.3, -0.25) is 14.9 Å². The largest absolute Gasteiger partial charge is 0.349 e. The highest BCUT2D eigenvalue weighted by Gasteiger charge is 2.20. The molecule has 0 saturated heterocycles. The van der Waals surface area contributed by atoms with Gasteiger partial charge in [0, 0.05) is 18.0 Å². The molecule has 1 amide bonds. The molecule has 0 aliphatic rings. The summed E-state index contributed by atoms with van der Waals surface area (Å²) in [7, 11) is 0. The summed E-state index contributed by atoms with van der Waals surface area (Å²) >= 11 is 5.66. The Labute approximate surface area is 121 Å². The van der Waals surface area contributed by atoms with E-state index in [1.54, 1.807) is 0 Å². The number of non-ortho nitro benzene ring substituents is 1. The first-order chi connectivity index (χ1) is 9.36. The van der Waals surface area contributed by atoms with Crippen LogP contribution < -0.4 is 5.32 Å². The molecule has 0 spiro atoms. The second-order valence-electron chi connectivity index (χ2n) is 4.72. The molecule has 5 nitrogen and oxygen atoms in total. The van der Waals surface area contributed by atoms with Crippen LogP contribution in [0.2, 0.25) is 0 Å². The lowest BCUT2D eigenvalue weighted by Gasteiger charge is -2.21. The molecule has 0 saturated carbocycles. The number of halogens is 2. The summed E-state index contributed by atoms with van der Waals surface area (Å²) < 4.78 is 13.7. The van der Waals surface area contributed by atoms with E-state index in [0.717, 1.165) is 18.2 Å². The van der Waals surface area contributed by atoms with Crippen LogP contribution in [-0.4, -0.2) is 22.8 Å². The Morgan fingerprint density at radius 2 is 2.15 bits per heavy atom. The maximum Gasteiger partial charge on any atom is 0.272 e. The number of nitrogens with zero attached hydrogens (tertiary/aromatic N) is 1. The number of rotatable bonds is 6. The maximum absolute atomic E-state index is 13.7. The summed E-state index contributed by atoms with van der Waals surface area (Å²) in [5.74, 6) is -0.976. The quantitative estimate of drug-likeness (QED) is 0.498. The van der Waals surface area contributed by atoms with E-state index < -0.39 is 16.6 Å². The Balaban J connectivity index is 2.89. The number of benzene rings is 1. The predicted molar refractivity (Wildman–Crippen MR) is 74.5 cm³/mol. The number of alkyl halides is 1. The fraction of sp³-hybridized carbons (Fsp3) is 0.462. The van der Waals surface area contributed by atoms with Crippen LogP contribution in [0, 0.1) is 21.8 Å². The highest BCUT2D eigenvalue weighted by atomic mass is 35.5. The minimum atomic E-state index is -0.912. The predicted octanol–water partition coefficient (Wildman–Crippen LogP) is 3.12. The van der Waals surface area contributed by atoms with Crippen molar-refractivity contribution in [3.63, 3.8) is 0 Å². The molecule has 20 heavy (non-hydrogen) atoms. The SMILES string of the molecule is CC(C)C(CCCl)NC(=O)c1ccc([N+](=O)[O-])cc1F. The number of carbonyl (C=O) groups excluding carboxylic acids is 1. The molecule has 0 aliphatic carbocycles. The van der Waals surface area contributed by atoms with Crippen molar-refractivity contribution >= 4 is 23.2 Å². The van der Waals surface area contributed by atoms with Crippen molar-refractivity contribution in [2.24, 2.45) is 5.92 Å². The molecule has 0 aromatic heterocycles. The van der Waals surface area contributed by atoms with Gasteiger partial charge in [-0.1, -0.05) is 13.8 Å². The molecule has 1 N–H and O–H groups in total. The van der Waals surface area contributed by atoms with Crippen LogP contribution in [-0.2, 0) is 0 Å². The Hall–Kier alpha value is -1.69. The van der Waals surface area contributed by atoms with Crippen molar-refractivity contribution in [3.05, 3.63) is 39.7 Å². The highest BCUT2D eigenvalue weighted by molar-refractivity contribution is 6.17. The Morgan fingerprint density at radius 1 is 1.50 bits per heavy atom. The van der Waals surface area contributed by atoms with Crippen LogP contribution in [0.4, 0.5) is 10.1 Å². The van der Waals surface area contributed by atoms with Crippen molar-refractivity contribution in [2.45, 2.75) is 26.3 Å². The molecule has 7 heteroatoms. The summed E-state index contributed by atoms with van der Waals surface area (Å²) in [5, 5.41) is 13.2. The van der Waals surface area contributed by atoms with Crippen LogP contribution in [0.3, 0.4) is 0 Å². The van der Waals surface area contributed by atoms with Gasteiger partial charge >= 0.3 is 0 Å². The highest BCUT2D eigenvalue weighted by Crippen LogP contribution is 2.17. The third-order valence-corrected chi connectivity index (χ3v) is 3.17. The summed E-state index contributed by atoms with van der Waals surface area (Å²) in [4.78, 5) is 21.8. The third kappa shape index (κ3) is 4.16. The lowest BCUT2D eigenvalue weighted by molar-refractivity contribution is -0.385. The average molecular weight is 303 g/mol. The number of nitrogens with one attached hydrogen (secondary N) is 1. The van der Waals surface area contributed by atoms with E-state index in [-0.39, 0.29) is 23.2 Å². The first-order valence-corrected chi connectivity index (χ1v) is 6.71. The minimum Gasteiger partial charge on any atom is -0.349 e. The lowest BCUT2D eigenvalue weighted by atomic mass is 10.0. The van der Waals surface area contributed by atoms with E-state index in [2.05, 4.69) is 5.32 Å². The normalized spacial score (nSPS) is 12.2. The molecule has 1 aromatic rings. The van der Waals surface area contributed by atoms with E-state index in [4.69, 9.17) is 11.6 Å². The maximum atomic E-state index is 13.7. The van der Waals surface area contributed by atoms with Crippen molar-refractivity contribution in [1.29, 1.82) is 0 Å². The fourth-order valence-corrected chi connectivity index (χ4v) is 1.97. The molecular weight excluding hydrogens is 287 g/mol. The molecule has 0 heterocycles. The Morgan fingerprint density at radius 3 is 2.60 bits per heavy atom. The van der Waals surface area contributed by atoms with Crippen molar-refractivity contribution < 1.29 is 14.1 Å². The van der Waals surface area contributed by atoms with E-state index in [1.165, 1.54) is 0 Å². The van der Waals surface area contributed by atoms with Crippen LogP contribution in [0.15, 0.2) is 18.2 Å². The average Bonchev–Trinajstić information content (AvgIpc) is 2.37. The number of amides is 1. The van der Waals surface area contributed by atoms with E-state index in [9.17, 15) is 19.3 Å². The van der Waals surface area contributed by atoms with Gasteiger partial charge in [-0.2, -0.15) is 0 Å². The molecule has 1 unspecified atom stereocenters. The number of hydrogen-bond donors (Lipinski definition) is 1. The summed E-state index contributed by atoms with van der Waals surface area (Å²) in [6, 6.07) is 2.78. The number of hydrogen-bond acceptors (Lipinski definition) is 3. The van der Waals surface area contributed by atoms with Crippen molar-refractivity contribution in [2.75, 3.05) is 5.88 Å². The molecule has 0 radical (unpaired) electrons. The van der Waals surface area contributed by atoms with E-state index in [0.29, 0.717) is 12.3 Å². The van der Waals surface area contributed by atoms with Gasteiger partial charge in [-0.15, -0.1) is 11.6 Å².